The number of halogens is 1. The summed E-state index contributed by atoms with van der Waals surface area (Å²) in [7, 11) is 1.61. The summed E-state index contributed by atoms with van der Waals surface area (Å²) in [6, 6.07) is 10.3. The van der Waals surface area contributed by atoms with Crippen LogP contribution in [-0.2, 0) is 29.1 Å². The second-order valence-corrected chi connectivity index (χ2v) is 6.44. The van der Waals surface area contributed by atoms with E-state index in [1.807, 2.05) is 18.3 Å². The molecule has 0 saturated heterocycles. The van der Waals surface area contributed by atoms with Crippen molar-refractivity contribution in [3.05, 3.63) is 59.7 Å². The van der Waals surface area contributed by atoms with Crippen molar-refractivity contribution in [2.24, 2.45) is 5.92 Å². The van der Waals surface area contributed by atoms with Gasteiger partial charge in [0.2, 0.25) is 11.8 Å². The predicted octanol–water partition coefficient (Wildman–Crippen LogP) is 1.96. The molecule has 0 radical (unpaired) electrons. The normalized spacial score (nSPS) is 16.9. The smallest absolute Gasteiger partial charge is 0.227 e. The van der Waals surface area contributed by atoms with Crippen molar-refractivity contribution in [3.63, 3.8) is 0 Å². The topological polar surface area (TPSA) is 54.3 Å². The first-order valence-electron chi connectivity index (χ1n) is 8.42. The van der Waals surface area contributed by atoms with Gasteiger partial charge in [0.05, 0.1) is 13.0 Å². The first-order chi connectivity index (χ1) is 12.1. The van der Waals surface area contributed by atoms with Crippen LogP contribution in [0.4, 0.5) is 4.39 Å². The Morgan fingerprint density at radius 1 is 1.20 bits per heavy atom. The van der Waals surface area contributed by atoms with E-state index in [4.69, 9.17) is 0 Å². The van der Waals surface area contributed by atoms with Gasteiger partial charge in [-0.05, 0) is 23.8 Å². The zero-order valence-electron chi connectivity index (χ0n) is 14.2. The third-order valence-electron chi connectivity index (χ3n) is 4.62. The van der Waals surface area contributed by atoms with Gasteiger partial charge in [-0.25, -0.2) is 4.39 Å². The molecule has 1 aromatic carbocycles. The molecule has 1 N–H and O–H groups in total. The van der Waals surface area contributed by atoms with Crippen LogP contribution < -0.4 is 5.32 Å². The molecule has 2 heterocycles. The zero-order valence-corrected chi connectivity index (χ0v) is 14.2. The lowest BCUT2D eigenvalue weighted by molar-refractivity contribution is -0.132. The molecule has 6 heteroatoms. The molecule has 25 heavy (non-hydrogen) atoms. The van der Waals surface area contributed by atoms with Crippen LogP contribution in [0.3, 0.4) is 0 Å². The monoisotopic (exact) mass is 343 g/mol. The van der Waals surface area contributed by atoms with Crippen LogP contribution in [0, 0.1) is 11.7 Å². The molecule has 2 aromatic rings. The van der Waals surface area contributed by atoms with Crippen molar-refractivity contribution in [1.82, 2.24) is 14.8 Å². The summed E-state index contributed by atoms with van der Waals surface area (Å²) in [6.45, 7) is 1.66. The molecule has 132 valence electrons. The third kappa shape index (κ3) is 4.07. The van der Waals surface area contributed by atoms with E-state index in [-0.39, 0.29) is 30.0 Å². The summed E-state index contributed by atoms with van der Waals surface area (Å²) in [4.78, 5) is 26.3. The van der Waals surface area contributed by atoms with E-state index in [9.17, 15) is 14.0 Å². The van der Waals surface area contributed by atoms with Crippen molar-refractivity contribution >= 4 is 11.8 Å². The highest BCUT2D eigenvalue weighted by atomic mass is 19.1. The number of hydrogen-bond donors (Lipinski definition) is 1. The maximum Gasteiger partial charge on any atom is 0.227 e. The zero-order chi connectivity index (χ0) is 17.8. The Hall–Kier alpha value is -2.63. The van der Waals surface area contributed by atoms with E-state index in [2.05, 4.69) is 9.88 Å². The number of carbonyl (C=O) groups is 2. The van der Waals surface area contributed by atoms with Crippen LogP contribution in [-0.4, -0.2) is 34.9 Å². The average Bonchev–Trinajstić information content (AvgIpc) is 2.95. The average molecular weight is 343 g/mol. The van der Waals surface area contributed by atoms with Gasteiger partial charge in [-0.2, -0.15) is 0 Å². The van der Waals surface area contributed by atoms with Gasteiger partial charge in [-0.3, -0.25) is 9.59 Å². The molecule has 5 nitrogen and oxygen atoms in total. The van der Waals surface area contributed by atoms with E-state index in [0.29, 0.717) is 31.6 Å². The molecular formula is C19H22FN3O2. The number of benzene rings is 1. The molecule has 0 bridgehead atoms. The summed E-state index contributed by atoms with van der Waals surface area (Å²) >= 11 is 0. The van der Waals surface area contributed by atoms with E-state index in [1.165, 1.54) is 6.07 Å². The number of nitrogens with one attached hydrogen (secondary N) is 1. The number of amides is 2. The number of rotatable bonds is 4. The molecule has 0 aliphatic carbocycles. The van der Waals surface area contributed by atoms with Gasteiger partial charge < -0.3 is 14.8 Å². The maximum atomic E-state index is 13.9. The van der Waals surface area contributed by atoms with Gasteiger partial charge in [-0.15, -0.1) is 0 Å². The fraction of sp³-hybridized carbons (Fsp3) is 0.368. The Morgan fingerprint density at radius 3 is 2.76 bits per heavy atom. The molecule has 3 rings (SSSR count). The van der Waals surface area contributed by atoms with E-state index < -0.39 is 0 Å². The molecule has 1 atom stereocenters. The number of nitrogens with zero attached hydrogens (tertiary/aromatic N) is 2. The van der Waals surface area contributed by atoms with E-state index in [0.717, 1.165) is 5.69 Å². The number of aromatic nitrogens is 1. The van der Waals surface area contributed by atoms with Crippen LogP contribution >= 0.6 is 0 Å². The second-order valence-electron chi connectivity index (χ2n) is 6.44. The van der Waals surface area contributed by atoms with Crippen LogP contribution in [0.15, 0.2) is 42.6 Å². The maximum absolute atomic E-state index is 13.9. The fourth-order valence-electron chi connectivity index (χ4n) is 3.28. The first-order valence-corrected chi connectivity index (χ1v) is 8.42. The van der Waals surface area contributed by atoms with Crippen molar-refractivity contribution in [2.75, 3.05) is 13.6 Å². The molecular weight excluding hydrogens is 321 g/mol. The lowest BCUT2D eigenvalue weighted by Crippen LogP contribution is -2.36. The standard InChI is InChI=1S/C19H22FN3O2/c1-21-18(24)9-14-11-22-8-4-6-16(22)13-23(12-14)19(25)10-15-5-2-3-7-17(15)20/h2-8,14H,9-13H2,1H3,(H,21,24). The van der Waals surface area contributed by atoms with Gasteiger partial charge in [0, 0.05) is 44.4 Å². The molecule has 0 saturated carbocycles. The highest BCUT2D eigenvalue weighted by Crippen LogP contribution is 2.21. The minimum atomic E-state index is -0.365. The van der Waals surface area contributed by atoms with E-state index >= 15 is 0 Å². The van der Waals surface area contributed by atoms with Crippen LogP contribution in [0.1, 0.15) is 17.7 Å². The SMILES string of the molecule is CNC(=O)CC1CN(C(=O)Cc2ccccc2F)Cc2cccn2C1. The van der Waals surface area contributed by atoms with Gasteiger partial charge in [-0.1, -0.05) is 18.2 Å². The largest absolute Gasteiger partial charge is 0.359 e. The van der Waals surface area contributed by atoms with Gasteiger partial charge in [0.1, 0.15) is 5.82 Å². The third-order valence-corrected chi connectivity index (χ3v) is 4.62. The van der Waals surface area contributed by atoms with Crippen molar-refractivity contribution in [2.45, 2.75) is 25.9 Å². The summed E-state index contributed by atoms with van der Waals surface area (Å²) in [5.74, 6) is -0.502. The molecule has 1 aliphatic rings. The van der Waals surface area contributed by atoms with E-state index in [1.54, 1.807) is 30.1 Å². The van der Waals surface area contributed by atoms with Gasteiger partial charge >= 0.3 is 0 Å². The minimum Gasteiger partial charge on any atom is -0.359 e. The fourth-order valence-corrected chi connectivity index (χ4v) is 3.28. The van der Waals surface area contributed by atoms with Crippen molar-refractivity contribution in [3.8, 4) is 0 Å². The lowest BCUT2D eigenvalue weighted by atomic mass is 10.0. The van der Waals surface area contributed by atoms with Crippen molar-refractivity contribution < 1.29 is 14.0 Å². The molecule has 2 amide bonds. The molecule has 1 unspecified atom stereocenters. The quantitative estimate of drug-likeness (QED) is 0.923. The number of fused-ring (bicyclic) bond motifs is 1. The van der Waals surface area contributed by atoms with Crippen LogP contribution in [0.25, 0.3) is 0 Å². The second kappa shape index (κ2) is 7.51. The molecule has 0 spiro atoms. The number of hydrogen-bond acceptors (Lipinski definition) is 2. The Balaban J connectivity index is 1.78. The highest BCUT2D eigenvalue weighted by molar-refractivity contribution is 5.79. The Kier molecular flexibility index (Phi) is 5.16. The highest BCUT2D eigenvalue weighted by Gasteiger charge is 2.26. The summed E-state index contributed by atoms with van der Waals surface area (Å²) in [6.07, 6.45) is 2.36. The Labute approximate surface area is 146 Å². The van der Waals surface area contributed by atoms with Crippen LogP contribution in [0.2, 0.25) is 0 Å². The van der Waals surface area contributed by atoms with Crippen LogP contribution in [0.5, 0.6) is 0 Å². The summed E-state index contributed by atoms with van der Waals surface area (Å²) in [5.41, 5.74) is 1.43. The van der Waals surface area contributed by atoms with Crippen molar-refractivity contribution in [1.29, 1.82) is 0 Å². The molecule has 1 aromatic heterocycles. The van der Waals surface area contributed by atoms with Gasteiger partial charge in [0.25, 0.3) is 0 Å². The Bertz CT molecular complexity index is 772. The predicted molar refractivity (Wildman–Crippen MR) is 92.1 cm³/mol. The summed E-state index contributed by atoms with van der Waals surface area (Å²) < 4.78 is 15.9. The Morgan fingerprint density at radius 2 is 2.00 bits per heavy atom. The first kappa shape index (κ1) is 17.2. The lowest BCUT2D eigenvalue weighted by Gasteiger charge is -2.24. The minimum absolute atomic E-state index is 0.0261. The summed E-state index contributed by atoms with van der Waals surface area (Å²) in [5, 5.41) is 2.64. The molecule has 1 aliphatic heterocycles. The molecule has 0 fully saturated rings. The number of carbonyl (C=O) groups excluding carboxylic acids is 2. The van der Waals surface area contributed by atoms with Gasteiger partial charge in [0.15, 0.2) is 0 Å².